The molecule has 0 saturated carbocycles. The first-order chi connectivity index (χ1) is 7.24. The fourth-order valence-corrected chi connectivity index (χ4v) is 1.70. The van der Waals surface area contributed by atoms with Crippen LogP contribution in [-0.2, 0) is 16.0 Å². The molecule has 0 fully saturated rings. The van der Waals surface area contributed by atoms with Crippen LogP contribution in [0.3, 0.4) is 0 Å². The zero-order valence-corrected chi connectivity index (χ0v) is 8.28. The topological polar surface area (TPSA) is 62.1 Å². The van der Waals surface area contributed by atoms with Crippen molar-refractivity contribution < 1.29 is 9.53 Å². The zero-order valence-electron chi connectivity index (χ0n) is 8.28. The van der Waals surface area contributed by atoms with Crippen LogP contribution in [0.5, 0.6) is 0 Å². The van der Waals surface area contributed by atoms with Gasteiger partial charge in [0.1, 0.15) is 6.04 Å². The van der Waals surface area contributed by atoms with Gasteiger partial charge in [0.15, 0.2) is 0 Å². The number of hydrogen-bond acceptors (Lipinski definition) is 4. The molecule has 0 radical (unpaired) electrons. The van der Waals surface area contributed by atoms with Crippen molar-refractivity contribution in [1.82, 2.24) is 0 Å². The van der Waals surface area contributed by atoms with Crippen LogP contribution in [0.25, 0.3) is 0 Å². The Labute approximate surface area is 87.5 Å². The molecule has 1 N–H and O–H groups in total. The second-order valence-corrected chi connectivity index (χ2v) is 3.41. The van der Waals surface area contributed by atoms with Gasteiger partial charge in [-0.2, -0.15) is 5.26 Å². The molecule has 76 valence electrons. The Morgan fingerprint density at radius 2 is 2.47 bits per heavy atom. The SMILES string of the molecule is COC(=O)C1Cc2ccc(C#N)cc2N1. The summed E-state index contributed by atoms with van der Waals surface area (Å²) in [6.45, 7) is 0. The molecule has 0 bridgehead atoms. The first-order valence-corrected chi connectivity index (χ1v) is 4.62. The summed E-state index contributed by atoms with van der Waals surface area (Å²) < 4.78 is 4.66. The highest BCUT2D eigenvalue weighted by molar-refractivity contribution is 5.83. The molecule has 1 aromatic carbocycles. The van der Waals surface area contributed by atoms with Crippen molar-refractivity contribution in [3.8, 4) is 6.07 Å². The van der Waals surface area contributed by atoms with Crippen LogP contribution >= 0.6 is 0 Å². The number of methoxy groups -OCH3 is 1. The number of carbonyl (C=O) groups excluding carboxylic acids is 1. The van der Waals surface area contributed by atoms with Crippen LogP contribution in [0.2, 0.25) is 0 Å². The molecular weight excluding hydrogens is 192 g/mol. The van der Waals surface area contributed by atoms with Crippen LogP contribution in [0.4, 0.5) is 5.69 Å². The number of carbonyl (C=O) groups is 1. The highest BCUT2D eigenvalue weighted by atomic mass is 16.5. The van der Waals surface area contributed by atoms with Crippen molar-refractivity contribution in [2.24, 2.45) is 0 Å². The van der Waals surface area contributed by atoms with Crippen LogP contribution in [-0.4, -0.2) is 19.1 Å². The zero-order chi connectivity index (χ0) is 10.8. The van der Waals surface area contributed by atoms with E-state index in [2.05, 4.69) is 16.1 Å². The third-order valence-electron chi connectivity index (χ3n) is 2.48. The fraction of sp³-hybridized carbons (Fsp3) is 0.273. The number of anilines is 1. The van der Waals surface area contributed by atoms with E-state index in [1.165, 1.54) is 7.11 Å². The van der Waals surface area contributed by atoms with Gasteiger partial charge in [-0.3, -0.25) is 0 Å². The van der Waals surface area contributed by atoms with Crippen molar-refractivity contribution in [3.63, 3.8) is 0 Å². The van der Waals surface area contributed by atoms with Gasteiger partial charge in [0, 0.05) is 12.1 Å². The number of nitriles is 1. The van der Waals surface area contributed by atoms with E-state index in [9.17, 15) is 4.79 Å². The van der Waals surface area contributed by atoms with Crippen LogP contribution < -0.4 is 5.32 Å². The number of fused-ring (bicyclic) bond motifs is 1. The van der Waals surface area contributed by atoms with Gasteiger partial charge in [0.05, 0.1) is 18.7 Å². The van der Waals surface area contributed by atoms with Gasteiger partial charge in [-0.1, -0.05) is 6.07 Å². The molecule has 0 aliphatic carbocycles. The predicted octanol–water partition coefficient (Wildman–Crippen LogP) is 1.07. The van der Waals surface area contributed by atoms with E-state index in [0.717, 1.165) is 11.3 Å². The maximum atomic E-state index is 11.3. The molecule has 1 atom stereocenters. The molecule has 0 saturated heterocycles. The Balaban J connectivity index is 2.24. The Bertz CT molecular complexity index is 448. The van der Waals surface area contributed by atoms with E-state index in [4.69, 9.17) is 5.26 Å². The second-order valence-electron chi connectivity index (χ2n) is 3.41. The molecule has 4 heteroatoms. The van der Waals surface area contributed by atoms with Gasteiger partial charge in [-0.05, 0) is 17.7 Å². The summed E-state index contributed by atoms with van der Waals surface area (Å²) in [5.41, 5.74) is 2.49. The van der Waals surface area contributed by atoms with Crippen molar-refractivity contribution in [3.05, 3.63) is 29.3 Å². The number of esters is 1. The molecular formula is C11H10N2O2. The molecule has 1 aliphatic rings. The van der Waals surface area contributed by atoms with Gasteiger partial charge < -0.3 is 10.1 Å². The summed E-state index contributed by atoms with van der Waals surface area (Å²) in [6.07, 6.45) is 0.619. The Morgan fingerprint density at radius 3 is 3.13 bits per heavy atom. The summed E-state index contributed by atoms with van der Waals surface area (Å²) in [5, 5.41) is 11.8. The van der Waals surface area contributed by atoms with E-state index in [1.807, 2.05) is 6.07 Å². The standard InChI is InChI=1S/C11H10N2O2/c1-15-11(14)10-5-8-3-2-7(6-12)4-9(8)13-10/h2-4,10,13H,5H2,1H3. The number of ether oxygens (including phenoxy) is 1. The quantitative estimate of drug-likeness (QED) is 0.692. The van der Waals surface area contributed by atoms with Crippen LogP contribution in [0, 0.1) is 11.3 Å². The van der Waals surface area contributed by atoms with Crippen molar-refractivity contribution in [2.45, 2.75) is 12.5 Å². The van der Waals surface area contributed by atoms with Crippen LogP contribution in [0.15, 0.2) is 18.2 Å². The smallest absolute Gasteiger partial charge is 0.328 e. The maximum absolute atomic E-state index is 11.3. The molecule has 0 amide bonds. The minimum absolute atomic E-state index is 0.273. The average molecular weight is 202 g/mol. The lowest BCUT2D eigenvalue weighted by molar-refractivity contribution is -0.141. The molecule has 2 rings (SSSR count). The van der Waals surface area contributed by atoms with Gasteiger partial charge in [-0.25, -0.2) is 4.79 Å². The number of nitrogens with one attached hydrogen (secondary N) is 1. The van der Waals surface area contributed by atoms with E-state index in [-0.39, 0.29) is 12.0 Å². The normalized spacial score (nSPS) is 17.5. The summed E-state index contributed by atoms with van der Waals surface area (Å²) >= 11 is 0. The predicted molar refractivity (Wildman–Crippen MR) is 54.3 cm³/mol. The third-order valence-corrected chi connectivity index (χ3v) is 2.48. The van der Waals surface area contributed by atoms with E-state index in [0.29, 0.717) is 12.0 Å². The van der Waals surface area contributed by atoms with E-state index >= 15 is 0 Å². The molecule has 1 aliphatic heterocycles. The molecule has 0 aromatic heterocycles. The molecule has 1 heterocycles. The number of hydrogen-bond donors (Lipinski definition) is 1. The molecule has 1 aromatic rings. The highest BCUT2D eigenvalue weighted by Crippen LogP contribution is 2.27. The molecule has 4 nitrogen and oxygen atoms in total. The lowest BCUT2D eigenvalue weighted by Gasteiger charge is -2.07. The first kappa shape index (κ1) is 9.53. The minimum Gasteiger partial charge on any atom is -0.467 e. The molecule has 0 spiro atoms. The van der Waals surface area contributed by atoms with Crippen LogP contribution in [0.1, 0.15) is 11.1 Å². The van der Waals surface area contributed by atoms with Crippen molar-refractivity contribution >= 4 is 11.7 Å². The van der Waals surface area contributed by atoms with Crippen molar-refractivity contribution in [1.29, 1.82) is 5.26 Å². The summed E-state index contributed by atoms with van der Waals surface area (Å²) in [4.78, 5) is 11.3. The molecule has 1 unspecified atom stereocenters. The van der Waals surface area contributed by atoms with Gasteiger partial charge in [0.2, 0.25) is 0 Å². The average Bonchev–Trinajstić information content (AvgIpc) is 2.70. The highest BCUT2D eigenvalue weighted by Gasteiger charge is 2.27. The first-order valence-electron chi connectivity index (χ1n) is 4.62. The lowest BCUT2D eigenvalue weighted by atomic mass is 10.1. The van der Waals surface area contributed by atoms with Crippen molar-refractivity contribution in [2.75, 3.05) is 12.4 Å². The van der Waals surface area contributed by atoms with Gasteiger partial charge >= 0.3 is 5.97 Å². The van der Waals surface area contributed by atoms with Gasteiger partial charge in [-0.15, -0.1) is 0 Å². The summed E-state index contributed by atoms with van der Waals surface area (Å²) in [6, 6.07) is 7.10. The minimum atomic E-state index is -0.320. The maximum Gasteiger partial charge on any atom is 0.328 e. The van der Waals surface area contributed by atoms with E-state index < -0.39 is 0 Å². The number of benzene rings is 1. The van der Waals surface area contributed by atoms with Gasteiger partial charge in [0.25, 0.3) is 0 Å². The van der Waals surface area contributed by atoms with E-state index in [1.54, 1.807) is 12.1 Å². The third kappa shape index (κ3) is 1.64. The monoisotopic (exact) mass is 202 g/mol. The second kappa shape index (κ2) is 3.62. The largest absolute Gasteiger partial charge is 0.467 e. The number of nitrogens with zero attached hydrogens (tertiary/aromatic N) is 1. The lowest BCUT2D eigenvalue weighted by Crippen LogP contribution is -2.27. The fourth-order valence-electron chi connectivity index (χ4n) is 1.70. The summed E-state index contributed by atoms with van der Waals surface area (Å²) in [5.74, 6) is -0.273. The summed E-state index contributed by atoms with van der Waals surface area (Å²) in [7, 11) is 1.37. The number of rotatable bonds is 1. The Hall–Kier alpha value is -2.02. The Kier molecular flexibility index (Phi) is 2.30. The Morgan fingerprint density at radius 1 is 1.67 bits per heavy atom. The molecule has 15 heavy (non-hydrogen) atoms.